The number of piperidine rings is 1. The standard InChI is InChI=1S/C13H19NO/c1-11-7-13(15)10-14(8-11)9-12-5-3-2-4-6-12/h2-6,11,13,15H,7-10H2,1H3/t11-,13?/m1/s1. The fourth-order valence-electron chi connectivity index (χ4n) is 2.40. The molecule has 2 atom stereocenters. The van der Waals surface area contributed by atoms with E-state index in [1.165, 1.54) is 5.56 Å². The number of benzene rings is 1. The van der Waals surface area contributed by atoms with Gasteiger partial charge in [-0.3, -0.25) is 4.90 Å². The van der Waals surface area contributed by atoms with Gasteiger partial charge in [-0.2, -0.15) is 0 Å². The van der Waals surface area contributed by atoms with Crippen LogP contribution in [0.5, 0.6) is 0 Å². The minimum atomic E-state index is -0.141. The van der Waals surface area contributed by atoms with Crippen molar-refractivity contribution in [2.24, 2.45) is 5.92 Å². The van der Waals surface area contributed by atoms with Crippen LogP contribution in [0.4, 0.5) is 0 Å². The van der Waals surface area contributed by atoms with Crippen LogP contribution < -0.4 is 0 Å². The van der Waals surface area contributed by atoms with Crippen LogP contribution in [0.25, 0.3) is 0 Å². The Kier molecular flexibility index (Phi) is 3.39. The van der Waals surface area contributed by atoms with Crippen molar-refractivity contribution in [1.29, 1.82) is 0 Å². The Bertz CT molecular complexity index is 289. The van der Waals surface area contributed by atoms with Gasteiger partial charge in [0.15, 0.2) is 0 Å². The summed E-state index contributed by atoms with van der Waals surface area (Å²) < 4.78 is 0. The monoisotopic (exact) mass is 205 g/mol. The Balaban J connectivity index is 1.94. The van der Waals surface area contributed by atoms with Crippen LogP contribution in [-0.4, -0.2) is 29.2 Å². The topological polar surface area (TPSA) is 23.5 Å². The van der Waals surface area contributed by atoms with Gasteiger partial charge in [-0.15, -0.1) is 0 Å². The number of aliphatic hydroxyl groups is 1. The van der Waals surface area contributed by atoms with Crippen LogP contribution in [0.1, 0.15) is 18.9 Å². The van der Waals surface area contributed by atoms with Crippen molar-refractivity contribution in [2.75, 3.05) is 13.1 Å². The fourth-order valence-corrected chi connectivity index (χ4v) is 2.40. The molecule has 1 aromatic carbocycles. The lowest BCUT2D eigenvalue weighted by Gasteiger charge is -2.34. The van der Waals surface area contributed by atoms with Gasteiger partial charge in [0.25, 0.3) is 0 Å². The van der Waals surface area contributed by atoms with Crippen LogP contribution in [0.15, 0.2) is 30.3 Å². The maximum absolute atomic E-state index is 9.69. The second kappa shape index (κ2) is 4.77. The van der Waals surface area contributed by atoms with E-state index in [0.717, 1.165) is 26.1 Å². The maximum Gasteiger partial charge on any atom is 0.0670 e. The molecule has 0 bridgehead atoms. The molecule has 1 aromatic rings. The zero-order valence-electron chi connectivity index (χ0n) is 9.26. The van der Waals surface area contributed by atoms with Crippen LogP contribution >= 0.6 is 0 Å². The van der Waals surface area contributed by atoms with Gasteiger partial charge in [0.2, 0.25) is 0 Å². The van der Waals surface area contributed by atoms with Crippen LogP contribution in [-0.2, 0) is 6.54 Å². The van der Waals surface area contributed by atoms with Crippen molar-refractivity contribution in [3.8, 4) is 0 Å². The van der Waals surface area contributed by atoms with E-state index in [4.69, 9.17) is 0 Å². The van der Waals surface area contributed by atoms with E-state index >= 15 is 0 Å². The summed E-state index contributed by atoms with van der Waals surface area (Å²) in [5, 5.41) is 9.69. The highest BCUT2D eigenvalue weighted by Gasteiger charge is 2.22. The zero-order valence-corrected chi connectivity index (χ0v) is 9.26. The van der Waals surface area contributed by atoms with Gasteiger partial charge >= 0.3 is 0 Å². The van der Waals surface area contributed by atoms with Crippen molar-refractivity contribution >= 4 is 0 Å². The highest BCUT2D eigenvalue weighted by atomic mass is 16.3. The smallest absolute Gasteiger partial charge is 0.0670 e. The highest BCUT2D eigenvalue weighted by Crippen LogP contribution is 2.18. The highest BCUT2D eigenvalue weighted by molar-refractivity contribution is 5.14. The van der Waals surface area contributed by atoms with E-state index < -0.39 is 0 Å². The summed E-state index contributed by atoms with van der Waals surface area (Å²) in [5.41, 5.74) is 1.33. The molecule has 1 unspecified atom stereocenters. The van der Waals surface area contributed by atoms with Gasteiger partial charge in [-0.1, -0.05) is 37.3 Å². The first-order valence-corrected chi connectivity index (χ1v) is 5.68. The van der Waals surface area contributed by atoms with Crippen molar-refractivity contribution in [3.63, 3.8) is 0 Å². The molecule has 1 heterocycles. The molecule has 1 saturated heterocycles. The van der Waals surface area contributed by atoms with Gasteiger partial charge in [-0.05, 0) is 17.9 Å². The number of likely N-dealkylation sites (tertiary alicyclic amines) is 1. The average molecular weight is 205 g/mol. The number of hydrogen-bond acceptors (Lipinski definition) is 2. The molecule has 0 saturated carbocycles. The lowest BCUT2D eigenvalue weighted by molar-refractivity contribution is 0.0409. The lowest BCUT2D eigenvalue weighted by atomic mass is 9.97. The van der Waals surface area contributed by atoms with Gasteiger partial charge in [-0.25, -0.2) is 0 Å². The molecule has 1 aliphatic rings. The molecular formula is C13H19NO. The number of hydrogen-bond donors (Lipinski definition) is 1. The molecule has 2 heteroatoms. The first-order valence-electron chi connectivity index (χ1n) is 5.68. The Hall–Kier alpha value is -0.860. The Morgan fingerprint density at radius 2 is 2.00 bits per heavy atom. The minimum absolute atomic E-state index is 0.141. The predicted molar refractivity (Wildman–Crippen MR) is 61.5 cm³/mol. The van der Waals surface area contributed by atoms with E-state index in [2.05, 4.69) is 36.1 Å². The van der Waals surface area contributed by atoms with E-state index in [0.29, 0.717) is 5.92 Å². The molecule has 15 heavy (non-hydrogen) atoms. The van der Waals surface area contributed by atoms with Gasteiger partial charge in [0.1, 0.15) is 0 Å². The molecule has 1 fully saturated rings. The zero-order chi connectivity index (χ0) is 10.7. The summed E-state index contributed by atoms with van der Waals surface area (Å²) in [6.07, 6.45) is 0.808. The minimum Gasteiger partial charge on any atom is -0.392 e. The quantitative estimate of drug-likeness (QED) is 0.797. The van der Waals surface area contributed by atoms with E-state index in [1.54, 1.807) is 0 Å². The van der Waals surface area contributed by atoms with E-state index in [1.807, 2.05) is 6.07 Å². The molecule has 0 aromatic heterocycles. The van der Waals surface area contributed by atoms with Crippen LogP contribution in [0, 0.1) is 5.92 Å². The van der Waals surface area contributed by atoms with E-state index in [9.17, 15) is 5.11 Å². The Labute approximate surface area is 91.5 Å². The third kappa shape index (κ3) is 3.05. The second-order valence-electron chi connectivity index (χ2n) is 4.67. The number of aliphatic hydroxyl groups excluding tert-OH is 1. The third-order valence-electron chi connectivity index (χ3n) is 2.96. The van der Waals surface area contributed by atoms with E-state index in [-0.39, 0.29) is 6.10 Å². The van der Waals surface area contributed by atoms with Crippen molar-refractivity contribution in [1.82, 2.24) is 4.90 Å². The number of β-amino-alcohol motifs (C(OH)–C–C–N with tert-alkyl or cyclic N) is 1. The SMILES string of the molecule is C[C@@H]1CC(O)CN(Cc2ccccc2)C1. The van der Waals surface area contributed by atoms with Crippen molar-refractivity contribution in [3.05, 3.63) is 35.9 Å². The van der Waals surface area contributed by atoms with Gasteiger partial charge in [0.05, 0.1) is 6.10 Å². The molecule has 0 radical (unpaired) electrons. The molecule has 82 valence electrons. The summed E-state index contributed by atoms with van der Waals surface area (Å²) in [6, 6.07) is 10.5. The lowest BCUT2D eigenvalue weighted by Crippen LogP contribution is -2.41. The molecule has 2 nitrogen and oxygen atoms in total. The molecule has 0 amide bonds. The Morgan fingerprint density at radius 1 is 1.27 bits per heavy atom. The normalized spacial score (nSPS) is 27.9. The van der Waals surface area contributed by atoms with Crippen LogP contribution in [0.3, 0.4) is 0 Å². The average Bonchev–Trinajstić information content (AvgIpc) is 2.17. The first-order chi connectivity index (χ1) is 7.24. The molecular weight excluding hydrogens is 186 g/mol. The molecule has 0 aliphatic carbocycles. The summed E-state index contributed by atoms with van der Waals surface area (Å²) >= 11 is 0. The molecule has 2 rings (SSSR count). The molecule has 1 aliphatic heterocycles. The molecule has 0 spiro atoms. The van der Waals surface area contributed by atoms with Gasteiger partial charge in [0, 0.05) is 19.6 Å². The fraction of sp³-hybridized carbons (Fsp3) is 0.538. The number of nitrogens with zero attached hydrogens (tertiary/aromatic N) is 1. The van der Waals surface area contributed by atoms with Crippen LogP contribution in [0.2, 0.25) is 0 Å². The second-order valence-corrected chi connectivity index (χ2v) is 4.67. The van der Waals surface area contributed by atoms with Crippen molar-refractivity contribution in [2.45, 2.75) is 26.0 Å². The summed E-state index contributed by atoms with van der Waals surface area (Å²) in [5.74, 6) is 0.609. The summed E-state index contributed by atoms with van der Waals surface area (Å²) in [4.78, 5) is 2.34. The maximum atomic E-state index is 9.69. The first kappa shape index (κ1) is 10.7. The third-order valence-corrected chi connectivity index (χ3v) is 2.96. The summed E-state index contributed by atoms with van der Waals surface area (Å²) in [6.45, 7) is 5.09. The largest absolute Gasteiger partial charge is 0.392 e. The molecule has 1 N–H and O–H groups in total. The summed E-state index contributed by atoms with van der Waals surface area (Å²) in [7, 11) is 0. The van der Waals surface area contributed by atoms with Crippen molar-refractivity contribution < 1.29 is 5.11 Å². The number of rotatable bonds is 2. The Morgan fingerprint density at radius 3 is 2.67 bits per heavy atom. The van der Waals surface area contributed by atoms with Gasteiger partial charge < -0.3 is 5.11 Å². The predicted octanol–water partition coefficient (Wildman–Crippen LogP) is 1.89.